The SMILES string of the molecule is CCNc1nc(C)cc(NCC(O)C(F)F)n1. The lowest BCUT2D eigenvalue weighted by molar-refractivity contribution is 0.00381. The van der Waals surface area contributed by atoms with Gasteiger partial charge in [-0.15, -0.1) is 0 Å². The molecule has 0 aliphatic carbocycles. The number of nitrogens with zero attached hydrogens (tertiary/aromatic N) is 2. The van der Waals surface area contributed by atoms with Crippen LogP contribution < -0.4 is 10.6 Å². The Balaban J connectivity index is 2.64. The Hall–Kier alpha value is -1.50. The van der Waals surface area contributed by atoms with E-state index in [1.165, 1.54) is 0 Å². The molecule has 0 radical (unpaired) electrons. The second-order valence-corrected chi connectivity index (χ2v) is 3.53. The first-order valence-electron chi connectivity index (χ1n) is 5.32. The Kier molecular flexibility index (Phi) is 5.02. The lowest BCUT2D eigenvalue weighted by Gasteiger charge is -2.12. The number of aromatic nitrogens is 2. The van der Waals surface area contributed by atoms with Crippen molar-refractivity contribution in [3.8, 4) is 0 Å². The zero-order valence-corrected chi connectivity index (χ0v) is 9.74. The first kappa shape index (κ1) is 13.6. The smallest absolute Gasteiger partial charge is 0.265 e. The second-order valence-electron chi connectivity index (χ2n) is 3.53. The average Bonchev–Trinajstić information content (AvgIpc) is 2.25. The van der Waals surface area contributed by atoms with Crippen LogP contribution in [0.1, 0.15) is 12.6 Å². The molecule has 1 aromatic heterocycles. The van der Waals surface area contributed by atoms with Crippen molar-refractivity contribution in [1.29, 1.82) is 0 Å². The monoisotopic (exact) mass is 246 g/mol. The first-order chi connectivity index (χ1) is 8.02. The summed E-state index contributed by atoms with van der Waals surface area (Å²) in [6, 6.07) is 1.62. The summed E-state index contributed by atoms with van der Waals surface area (Å²) in [5.74, 6) is 0.842. The summed E-state index contributed by atoms with van der Waals surface area (Å²) < 4.78 is 24.2. The zero-order valence-electron chi connectivity index (χ0n) is 9.74. The minimum Gasteiger partial charge on any atom is -0.385 e. The van der Waals surface area contributed by atoms with Crippen LogP contribution in [0, 0.1) is 6.92 Å². The van der Waals surface area contributed by atoms with E-state index < -0.39 is 12.5 Å². The van der Waals surface area contributed by atoms with Gasteiger partial charge in [-0.05, 0) is 13.8 Å². The number of hydrogen-bond donors (Lipinski definition) is 3. The maximum Gasteiger partial charge on any atom is 0.265 e. The van der Waals surface area contributed by atoms with E-state index in [0.29, 0.717) is 24.0 Å². The van der Waals surface area contributed by atoms with Crippen LogP contribution in [0.2, 0.25) is 0 Å². The highest BCUT2D eigenvalue weighted by Crippen LogP contribution is 2.10. The van der Waals surface area contributed by atoms with Crippen molar-refractivity contribution >= 4 is 11.8 Å². The summed E-state index contributed by atoms with van der Waals surface area (Å²) in [7, 11) is 0. The fourth-order valence-electron chi connectivity index (χ4n) is 1.19. The van der Waals surface area contributed by atoms with Crippen molar-refractivity contribution in [2.24, 2.45) is 0 Å². The van der Waals surface area contributed by atoms with Gasteiger partial charge in [-0.25, -0.2) is 13.8 Å². The summed E-state index contributed by atoms with van der Waals surface area (Å²) in [5, 5.41) is 14.5. The van der Waals surface area contributed by atoms with Crippen LogP contribution in [-0.2, 0) is 0 Å². The molecular formula is C10H16F2N4O. The number of aliphatic hydroxyl groups is 1. The molecule has 0 saturated carbocycles. The lowest BCUT2D eigenvalue weighted by Crippen LogP contribution is -2.27. The molecular weight excluding hydrogens is 230 g/mol. The third-order valence-electron chi connectivity index (χ3n) is 1.97. The molecule has 7 heteroatoms. The molecule has 1 unspecified atom stereocenters. The molecule has 0 bridgehead atoms. The molecule has 0 aromatic carbocycles. The van der Waals surface area contributed by atoms with E-state index in [-0.39, 0.29) is 6.54 Å². The van der Waals surface area contributed by atoms with Gasteiger partial charge >= 0.3 is 0 Å². The first-order valence-corrected chi connectivity index (χ1v) is 5.32. The highest BCUT2D eigenvalue weighted by molar-refractivity contribution is 5.42. The standard InChI is InChI=1S/C10H16F2N4O/c1-3-13-10-15-6(2)4-8(16-10)14-5-7(17)9(11)12/h4,7,9,17H,3,5H2,1-2H3,(H2,13,14,15,16). The summed E-state index contributed by atoms with van der Waals surface area (Å²) in [5.41, 5.74) is 0.713. The molecule has 3 N–H and O–H groups in total. The van der Waals surface area contributed by atoms with Crippen LogP contribution in [-0.4, -0.2) is 40.7 Å². The van der Waals surface area contributed by atoms with Crippen LogP contribution in [0.4, 0.5) is 20.5 Å². The van der Waals surface area contributed by atoms with Crippen LogP contribution in [0.25, 0.3) is 0 Å². The van der Waals surface area contributed by atoms with Crippen LogP contribution in [0.3, 0.4) is 0 Å². The normalized spacial score (nSPS) is 12.6. The number of alkyl halides is 2. The van der Waals surface area contributed by atoms with Crippen LogP contribution in [0.5, 0.6) is 0 Å². The summed E-state index contributed by atoms with van der Waals surface area (Å²) >= 11 is 0. The van der Waals surface area contributed by atoms with Gasteiger partial charge in [0.15, 0.2) is 0 Å². The van der Waals surface area contributed by atoms with E-state index in [1.807, 2.05) is 6.92 Å². The predicted octanol–water partition coefficient (Wildman–Crippen LogP) is 1.25. The fraction of sp³-hybridized carbons (Fsp3) is 0.600. The molecule has 0 aliphatic rings. The van der Waals surface area contributed by atoms with Crippen molar-refractivity contribution in [2.45, 2.75) is 26.4 Å². The Morgan fingerprint density at radius 1 is 1.35 bits per heavy atom. The van der Waals surface area contributed by atoms with Crippen molar-refractivity contribution in [3.05, 3.63) is 11.8 Å². The van der Waals surface area contributed by atoms with Gasteiger partial charge in [-0.1, -0.05) is 0 Å². The van der Waals surface area contributed by atoms with E-state index in [2.05, 4.69) is 20.6 Å². The van der Waals surface area contributed by atoms with Crippen molar-refractivity contribution < 1.29 is 13.9 Å². The zero-order chi connectivity index (χ0) is 12.8. The fourth-order valence-corrected chi connectivity index (χ4v) is 1.19. The molecule has 1 aromatic rings. The highest BCUT2D eigenvalue weighted by Gasteiger charge is 2.16. The average molecular weight is 246 g/mol. The maximum atomic E-state index is 12.1. The third-order valence-corrected chi connectivity index (χ3v) is 1.97. The van der Waals surface area contributed by atoms with Gasteiger partial charge in [0, 0.05) is 24.8 Å². The summed E-state index contributed by atoms with van der Waals surface area (Å²) in [6.45, 7) is 4.10. The van der Waals surface area contributed by atoms with Gasteiger partial charge in [-0.2, -0.15) is 4.98 Å². The number of rotatable bonds is 6. The maximum absolute atomic E-state index is 12.1. The largest absolute Gasteiger partial charge is 0.385 e. The highest BCUT2D eigenvalue weighted by atomic mass is 19.3. The third kappa shape index (κ3) is 4.48. The van der Waals surface area contributed by atoms with Crippen LogP contribution in [0.15, 0.2) is 6.07 Å². The number of halogens is 2. The molecule has 1 atom stereocenters. The molecule has 0 aliphatic heterocycles. The van der Waals surface area contributed by atoms with E-state index in [9.17, 15) is 8.78 Å². The summed E-state index contributed by atoms with van der Waals surface area (Å²) in [6.07, 6.45) is -4.47. The van der Waals surface area contributed by atoms with E-state index in [0.717, 1.165) is 0 Å². The van der Waals surface area contributed by atoms with E-state index in [1.54, 1.807) is 13.0 Å². The molecule has 0 saturated heterocycles. The lowest BCUT2D eigenvalue weighted by atomic mass is 10.3. The minimum atomic E-state index is -2.77. The van der Waals surface area contributed by atoms with Gasteiger partial charge < -0.3 is 15.7 Å². The molecule has 0 spiro atoms. The van der Waals surface area contributed by atoms with Crippen molar-refractivity contribution in [3.63, 3.8) is 0 Å². The van der Waals surface area contributed by atoms with Gasteiger partial charge in [0.1, 0.15) is 11.9 Å². The van der Waals surface area contributed by atoms with Gasteiger partial charge in [-0.3, -0.25) is 0 Å². The number of aryl methyl sites for hydroxylation is 1. The summed E-state index contributed by atoms with van der Waals surface area (Å²) in [4.78, 5) is 8.18. The molecule has 1 rings (SSSR count). The minimum absolute atomic E-state index is 0.250. The van der Waals surface area contributed by atoms with Gasteiger partial charge in [0.2, 0.25) is 5.95 Å². The Bertz CT molecular complexity index is 362. The molecule has 0 fully saturated rings. The number of hydrogen-bond acceptors (Lipinski definition) is 5. The van der Waals surface area contributed by atoms with E-state index in [4.69, 9.17) is 5.11 Å². The van der Waals surface area contributed by atoms with Crippen molar-refractivity contribution in [1.82, 2.24) is 9.97 Å². The van der Waals surface area contributed by atoms with Gasteiger partial charge in [0.05, 0.1) is 0 Å². The number of aliphatic hydroxyl groups excluding tert-OH is 1. The Labute approximate surface area is 98.3 Å². The quantitative estimate of drug-likeness (QED) is 0.705. The van der Waals surface area contributed by atoms with Gasteiger partial charge in [0.25, 0.3) is 6.43 Å². The molecule has 5 nitrogen and oxygen atoms in total. The Morgan fingerprint density at radius 3 is 2.65 bits per heavy atom. The topological polar surface area (TPSA) is 70.1 Å². The molecule has 0 amide bonds. The predicted molar refractivity (Wildman–Crippen MR) is 61.4 cm³/mol. The number of anilines is 2. The van der Waals surface area contributed by atoms with E-state index >= 15 is 0 Å². The van der Waals surface area contributed by atoms with Crippen molar-refractivity contribution in [2.75, 3.05) is 23.7 Å². The van der Waals surface area contributed by atoms with Crippen LogP contribution >= 0.6 is 0 Å². The molecule has 96 valence electrons. The Morgan fingerprint density at radius 2 is 2.06 bits per heavy atom. The molecule has 1 heterocycles. The second kappa shape index (κ2) is 6.29. The number of nitrogens with one attached hydrogen (secondary N) is 2. The molecule has 17 heavy (non-hydrogen) atoms.